The van der Waals surface area contributed by atoms with Gasteiger partial charge in [-0.05, 0) is 35.9 Å². The van der Waals surface area contributed by atoms with Crippen molar-refractivity contribution in [1.82, 2.24) is 15.0 Å². The van der Waals surface area contributed by atoms with Gasteiger partial charge < -0.3 is 20.5 Å². The van der Waals surface area contributed by atoms with E-state index in [0.717, 1.165) is 44.4 Å². The van der Waals surface area contributed by atoms with E-state index in [1.807, 2.05) is 29.8 Å². The molecule has 1 unspecified atom stereocenters. The molecule has 1 saturated heterocycles. The van der Waals surface area contributed by atoms with Crippen LogP contribution in [0.2, 0.25) is 0 Å². The molecule has 1 fully saturated rings. The molecular weight excluding hydrogens is 424 g/mol. The Morgan fingerprint density at radius 1 is 1.25 bits per heavy atom. The molecule has 0 bridgehead atoms. The van der Waals surface area contributed by atoms with E-state index in [4.69, 9.17) is 15.2 Å². The molecule has 3 heterocycles. The van der Waals surface area contributed by atoms with Crippen LogP contribution in [0.3, 0.4) is 0 Å². The summed E-state index contributed by atoms with van der Waals surface area (Å²) >= 11 is 1.60. The van der Waals surface area contributed by atoms with Gasteiger partial charge in [0.25, 0.3) is 0 Å². The number of benzene rings is 2. The number of hydrogen-bond acceptors (Lipinski definition) is 9. The molecule has 162 valence electrons. The highest BCUT2D eigenvalue weighted by Crippen LogP contribution is 2.36. The monoisotopic (exact) mass is 446 g/mol. The number of nitrogens with one attached hydrogen (secondary N) is 1. The zero-order chi connectivity index (χ0) is 21.9. The summed E-state index contributed by atoms with van der Waals surface area (Å²) in [4.78, 5) is 17.5. The van der Waals surface area contributed by atoms with E-state index in [1.54, 1.807) is 30.9 Å². The highest BCUT2D eigenvalue weighted by Gasteiger charge is 2.21. The van der Waals surface area contributed by atoms with E-state index in [0.29, 0.717) is 24.8 Å². The Kier molecular flexibility index (Phi) is 5.66. The second-order valence-corrected chi connectivity index (χ2v) is 8.25. The second-order valence-electron chi connectivity index (χ2n) is 7.36. The normalized spacial score (nSPS) is 16.9. The molecule has 0 aliphatic carbocycles. The number of allylic oxidation sites excluding steroid dienone is 1. The molecule has 0 spiro atoms. The molecule has 4 aromatic rings. The summed E-state index contributed by atoms with van der Waals surface area (Å²) in [6.07, 6.45) is 5.60. The fraction of sp³-hybridized carbons (Fsp3) is 0.217. The van der Waals surface area contributed by atoms with Crippen molar-refractivity contribution < 1.29 is 9.47 Å². The lowest BCUT2D eigenvalue weighted by Crippen LogP contribution is -2.16. The molecule has 3 N–H and O–H groups in total. The maximum atomic E-state index is 6.37. The molecule has 8 nitrogen and oxygen atoms in total. The van der Waals surface area contributed by atoms with Crippen molar-refractivity contribution in [3.05, 3.63) is 53.9 Å². The van der Waals surface area contributed by atoms with Crippen LogP contribution >= 0.6 is 11.3 Å². The number of rotatable bonds is 6. The Balaban J connectivity index is 1.62. The van der Waals surface area contributed by atoms with Gasteiger partial charge in [-0.2, -0.15) is 0 Å². The summed E-state index contributed by atoms with van der Waals surface area (Å²) in [6.45, 7) is 1.25. The largest absolute Gasteiger partial charge is 0.487 e. The van der Waals surface area contributed by atoms with Crippen molar-refractivity contribution in [3.8, 4) is 5.75 Å². The number of nitrogens with two attached hydrogens (primary N) is 1. The van der Waals surface area contributed by atoms with Crippen LogP contribution in [0.15, 0.2) is 53.4 Å². The minimum atomic E-state index is -0.0276. The lowest BCUT2D eigenvalue weighted by Gasteiger charge is -2.18. The van der Waals surface area contributed by atoms with Crippen molar-refractivity contribution in [2.45, 2.75) is 12.5 Å². The average Bonchev–Trinajstić information content (AvgIpc) is 3.49. The molecule has 1 aliphatic heterocycles. The molecule has 0 radical (unpaired) electrons. The minimum Gasteiger partial charge on any atom is -0.487 e. The first-order valence-corrected chi connectivity index (χ1v) is 11.1. The maximum absolute atomic E-state index is 6.37. The van der Waals surface area contributed by atoms with Gasteiger partial charge in [0, 0.05) is 37.1 Å². The van der Waals surface area contributed by atoms with Gasteiger partial charge in [-0.1, -0.05) is 0 Å². The molecule has 2 aromatic carbocycles. The van der Waals surface area contributed by atoms with Crippen molar-refractivity contribution in [3.63, 3.8) is 0 Å². The third-order valence-corrected chi connectivity index (χ3v) is 6.05. The average molecular weight is 447 g/mol. The fourth-order valence-electron chi connectivity index (χ4n) is 3.72. The van der Waals surface area contributed by atoms with Crippen LogP contribution in [-0.4, -0.2) is 47.5 Å². The first-order valence-electron chi connectivity index (χ1n) is 10.2. The molecule has 0 saturated carbocycles. The minimum absolute atomic E-state index is 0.0276. The summed E-state index contributed by atoms with van der Waals surface area (Å²) in [5.41, 5.74) is 12.0. The van der Waals surface area contributed by atoms with E-state index in [9.17, 15) is 0 Å². The SMILES string of the molecule is CN=C/C(=C\N)c1cc(OC2CCOC2)c2c(Nc3ccc4ncsc4c3)ncnc2c1. The predicted octanol–water partition coefficient (Wildman–Crippen LogP) is 4.15. The Hall–Kier alpha value is -3.56. The third kappa shape index (κ3) is 4.00. The lowest BCUT2D eigenvalue weighted by atomic mass is 10.0. The van der Waals surface area contributed by atoms with Gasteiger partial charge in [0.05, 0.1) is 39.8 Å². The number of nitrogens with zero attached hydrogens (tertiary/aromatic N) is 4. The van der Waals surface area contributed by atoms with E-state index in [1.165, 1.54) is 6.20 Å². The van der Waals surface area contributed by atoms with Crippen molar-refractivity contribution in [1.29, 1.82) is 0 Å². The van der Waals surface area contributed by atoms with Crippen molar-refractivity contribution in [2.75, 3.05) is 25.6 Å². The Morgan fingerprint density at radius 3 is 3.00 bits per heavy atom. The lowest BCUT2D eigenvalue weighted by molar-refractivity contribution is 0.142. The van der Waals surface area contributed by atoms with E-state index in [-0.39, 0.29) is 6.10 Å². The predicted molar refractivity (Wildman–Crippen MR) is 129 cm³/mol. The van der Waals surface area contributed by atoms with Gasteiger partial charge in [0.1, 0.15) is 24.0 Å². The van der Waals surface area contributed by atoms with Gasteiger partial charge in [0.2, 0.25) is 0 Å². The molecule has 1 aliphatic rings. The van der Waals surface area contributed by atoms with Crippen molar-refractivity contribution >= 4 is 55.7 Å². The summed E-state index contributed by atoms with van der Waals surface area (Å²) < 4.78 is 13.0. The Labute approximate surface area is 188 Å². The summed E-state index contributed by atoms with van der Waals surface area (Å²) in [7, 11) is 1.71. The molecular formula is C23H22N6O2S. The fourth-order valence-corrected chi connectivity index (χ4v) is 4.43. The zero-order valence-corrected chi connectivity index (χ0v) is 18.3. The van der Waals surface area contributed by atoms with Gasteiger partial charge in [-0.25, -0.2) is 15.0 Å². The second kappa shape index (κ2) is 8.89. The summed E-state index contributed by atoms with van der Waals surface area (Å²) in [6, 6.07) is 9.97. The van der Waals surface area contributed by atoms with Gasteiger partial charge in [0.15, 0.2) is 0 Å². The van der Waals surface area contributed by atoms with E-state index in [2.05, 4.69) is 31.3 Å². The Bertz CT molecular complexity index is 1330. The van der Waals surface area contributed by atoms with Gasteiger partial charge >= 0.3 is 0 Å². The van der Waals surface area contributed by atoms with Crippen molar-refractivity contribution in [2.24, 2.45) is 10.7 Å². The molecule has 1 atom stereocenters. The number of fused-ring (bicyclic) bond motifs is 2. The van der Waals surface area contributed by atoms with E-state index >= 15 is 0 Å². The molecule has 9 heteroatoms. The molecule has 0 amide bonds. The number of thiazole rings is 1. The topological polar surface area (TPSA) is 108 Å². The van der Waals surface area contributed by atoms with Crippen LogP contribution in [0.5, 0.6) is 5.75 Å². The van der Waals surface area contributed by atoms with Crippen LogP contribution in [0.1, 0.15) is 12.0 Å². The number of aromatic nitrogens is 3. The number of ether oxygens (including phenoxy) is 2. The van der Waals surface area contributed by atoms with Crippen LogP contribution in [-0.2, 0) is 4.74 Å². The summed E-state index contributed by atoms with van der Waals surface area (Å²) in [5.74, 6) is 1.35. The number of aliphatic imine (C=N–C) groups is 1. The Morgan fingerprint density at radius 2 is 2.19 bits per heavy atom. The third-order valence-electron chi connectivity index (χ3n) is 5.26. The maximum Gasteiger partial charge on any atom is 0.145 e. The highest BCUT2D eigenvalue weighted by molar-refractivity contribution is 7.16. The number of hydrogen-bond donors (Lipinski definition) is 2. The smallest absolute Gasteiger partial charge is 0.145 e. The highest BCUT2D eigenvalue weighted by atomic mass is 32.1. The summed E-state index contributed by atoms with van der Waals surface area (Å²) in [5, 5.41) is 4.24. The molecule has 32 heavy (non-hydrogen) atoms. The zero-order valence-electron chi connectivity index (χ0n) is 17.5. The van der Waals surface area contributed by atoms with Crippen LogP contribution < -0.4 is 15.8 Å². The first-order chi connectivity index (χ1) is 15.7. The van der Waals surface area contributed by atoms with Crippen LogP contribution in [0.4, 0.5) is 11.5 Å². The van der Waals surface area contributed by atoms with Gasteiger partial charge in [-0.3, -0.25) is 4.99 Å². The van der Waals surface area contributed by atoms with Gasteiger partial charge in [-0.15, -0.1) is 11.3 Å². The van der Waals surface area contributed by atoms with Crippen LogP contribution in [0.25, 0.3) is 26.7 Å². The standard InChI is InChI=1S/C23H22N6O2S/c1-25-10-15(9-24)14-6-19-22(20(7-14)31-17-4-5-30-11-17)23(27-12-26-19)29-16-2-3-18-21(8-16)32-13-28-18/h2-3,6-10,12-13,17H,4-5,11,24H2,1H3,(H,26,27,29)/b15-9+,25-10?. The van der Waals surface area contributed by atoms with Crippen LogP contribution in [0, 0.1) is 0 Å². The molecule has 2 aromatic heterocycles. The number of anilines is 2. The van der Waals surface area contributed by atoms with E-state index < -0.39 is 0 Å². The quantitative estimate of drug-likeness (QED) is 0.428. The first kappa shape index (κ1) is 20.3. The molecule has 5 rings (SSSR count).